The van der Waals surface area contributed by atoms with Gasteiger partial charge >= 0.3 is 0 Å². The van der Waals surface area contributed by atoms with Gasteiger partial charge in [0.2, 0.25) is 5.91 Å². The number of carbonyl (C=O) groups excluding carboxylic acids is 1. The quantitative estimate of drug-likeness (QED) is 0.661. The van der Waals surface area contributed by atoms with E-state index in [1.165, 1.54) is 24.3 Å². The molecule has 0 atom stereocenters. The molecule has 0 saturated heterocycles. The Morgan fingerprint density at radius 1 is 1.54 bits per heavy atom. The van der Waals surface area contributed by atoms with Crippen LogP contribution >= 0.6 is 0 Å². The molecular formula is C7H7N5O. The fourth-order valence-corrected chi connectivity index (χ4v) is 1.02. The topological polar surface area (TPSA) is 72.7 Å². The first-order chi connectivity index (χ1) is 6.27. The molecule has 0 spiro atoms. The first-order valence-corrected chi connectivity index (χ1v) is 3.68. The molecular weight excluding hydrogens is 170 g/mol. The molecule has 0 unspecified atom stereocenters. The summed E-state index contributed by atoms with van der Waals surface area (Å²) in [6.07, 6.45) is 4.48. The maximum Gasteiger partial charge on any atom is 0.235 e. The number of carbonyl (C=O) groups is 1. The second-order valence-corrected chi connectivity index (χ2v) is 2.51. The van der Waals surface area contributed by atoms with Crippen molar-refractivity contribution in [3.05, 3.63) is 18.9 Å². The average Bonchev–Trinajstić information content (AvgIpc) is 2.48. The minimum Gasteiger partial charge on any atom is -0.274 e. The molecule has 13 heavy (non-hydrogen) atoms. The van der Waals surface area contributed by atoms with Crippen LogP contribution in [0, 0.1) is 0 Å². The highest BCUT2D eigenvalue weighted by Crippen LogP contribution is 2.04. The fourth-order valence-electron chi connectivity index (χ4n) is 1.02. The Hall–Kier alpha value is -1.98. The summed E-state index contributed by atoms with van der Waals surface area (Å²) in [7, 11) is 0. The van der Waals surface area contributed by atoms with E-state index >= 15 is 0 Å². The predicted octanol–water partition coefficient (Wildman–Crippen LogP) is -0.0837. The van der Waals surface area contributed by atoms with Crippen molar-refractivity contribution < 1.29 is 4.79 Å². The van der Waals surface area contributed by atoms with Gasteiger partial charge in [-0.2, -0.15) is 0 Å². The maximum atomic E-state index is 10.8. The van der Waals surface area contributed by atoms with Crippen LogP contribution in [0.3, 0.4) is 0 Å². The summed E-state index contributed by atoms with van der Waals surface area (Å²) >= 11 is 0. The van der Waals surface area contributed by atoms with Gasteiger partial charge in [0.1, 0.15) is 18.2 Å². The van der Waals surface area contributed by atoms with Crippen molar-refractivity contribution in [3.8, 4) is 0 Å². The van der Waals surface area contributed by atoms with Crippen LogP contribution < -0.4 is 5.43 Å². The largest absolute Gasteiger partial charge is 0.274 e. The third kappa shape index (κ3) is 1.33. The van der Waals surface area contributed by atoms with E-state index in [1.54, 1.807) is 6.20 Å². The first-order valence-electron chi connectivity index (χ1n) is 3.68. The number of imidazole rings is 1. The smallest absolute Gasteiger partial charge is 0.235 e. The summed E-state index contributed by atoms with van der Waals surface area (Å²) in [4.78, 5) is 22.5. The number of fused-ring (bicyclic) bond motifs is 1. The zero-order chi connectivity index (χ0) is 9.26. The molecule has 6 nitrogen and oxygen atoms in total. The van der Waals surface area contributed by atoms with Crippen molar-refractivity contribution in [2.45, 2.75) is 6.92 Å². The van der Waals surface area contributed by atoms with Crippen LogP contribution in [0.5, 0.6) is 0 Å². The van der Waals surface area contributed by atoms with E-state index in [2.05, 4.69) is 20.4 Å². The average molecular weight is 177 g/mol. The van der Waals surface area contributed by atoms with Gasteiger partial charge in [-0.1, -0.05) is 0 Å². The van der Waals surface area contributed by atoms with Gasteiger partial charge in [0.15, 0.2) is 5.65 Å². The van der Waals surface area contributed by atoms with Gasteiger partial charge in [-0.3, -0.25) is 10.2 Å². The summed E-state index contributed by atoms with van der Waals surface area (Å²) in [6, 6.07) is 0. The molecule has 0 aliphatic carbocycles. The first kappa shape index (κ1) is 7.66. The van der Waals surface area contributed by atoms with Crippen LogP contribution in [0.2, 0.25) is 0 Å². The van der Waals surface area contributed by atoms with E-state index in [9.17, 15) is 4.79 Å². The molecule has 66 valence electrons. The predicted molar refractivity (Wildman–Crippen MR) is 45.4 cm³/mol. The molecule has 1 amide bonds. The number of hydrogen-bond donors (Lipinski definition) is 1. The Balaban J connectivity index is 2.51. The van der Waals surface area contributed by atoms with E-state index < -0.39 is 0 Å². The third-order valence-electron chi connectivity index (χ3n) is 1.49. The molecule has 2 heterocycles. The van der Waals surface area contributed by atoms with Crippen molar-refractivity contribution in [1.82, 2.24) is 19.6 Å². The van der Waals surface area contributed by atoms with Gasteiger partial charge in [-0.25, -0.2) is 19.6 Å². The normalized spacial score (nSPS) is 10.2. The van der Waals surface area contributed by atoms with Gasteiger partial charge in [0.05, 0.1) is 6.20 Å². The molecule has 1 N–H and O–H groups in total. The Morgan fingerprint density at radius 2 is 2.38 bits per heavy atom. The van der Waals surface area contributed by atoms with Crippen molar-refractivity contribution >= 4 is 17.1 Å². The molecule has 0 aliphatic heterocycles. The van der Waals surface area contributed by atoms with Gasteiger partial charge in [-0.05, 0) is 0 Å². The highest BCUT2D eigenvalue weighted by atomic mass is 16.2. The number of nitrogens with zero attached hydrogens (tertiary/aromatic N) is 4. The van der Waals surface area contributed by atoms with Crippen LogP contribution in [-0.2, 0) is 4.79 Å². The molecule has 0 fully saturated rings. The van der Waals surface area contributed by atoms with Crippen molar-refractivity contribution in [1.29, 1.82) is 0 Å². The number of hydrogen-bond acceptors (Lipinski definition) is 4. The zero-order valence-corrected chi connectivity index (χ0v) is 6.93. The number of nitrogens with one attached hydrogen (secondary N) is 1. The van der Waals surface area contributed by atoms with Crippen LogP contribution in [0.25, 0.3) is 11.2 Å². The summed E-state index contributed by atoms with van der Waals surface area (Å²) < 4.78 is 1.46. The van der Waals surface area contributed by atoms with Gasteiger partial charge in [-0.15, -0.1) is 0 Å². The molecule has 0 bridgehead atoms. The van der Waals surface area contributed by atoms with Crippen LogP contribution in [0.4, 0.5) is 0 Å². The second kappa shape index (κ2) is 2.81. The Labute approximate surface area is 73.6 Å². The van der Waals surface area contributed by atoms with Crippen molar-refractivity contribution in [2.24, 2.45) is 0 Å². The molecule has 0 saturated carbocycles. The van der Waals surface area contributed by atoms with Crippen LogP contribution in [0.1, 0.15) is 6.92 Å². The molecule has 0 aromatic carbocycles. The van der Waals surface area contributed by atoms with E-state index in [1.807, 2.05) is 0 Å². The SMILES string of the molecule is CC(=O)Nn1cnc2cncnc21. The number of rotatable bonds is 1. The highest BCUT2D eigenvalue weighted by Gasteiger charge is 2.03. The summed E-state index contributed by atoms with van der Waals surface area (Å²) in [5.41, 5.74) is 3.79. The lowest BCUT2D eigenvalue weighted by Gasteiger charge is -2.01. The lowest BCUT2D eigenvalue weighted by Crippen LogP contribution is -2.18. The lowest BCUT2D eigenvalue weighted by atomic mass is 10.6. The van der Waals surface area contributed by atoms with Crippen molar-refractivity contribution in [2.75, 3.05) is 5.43 Å². The highest BCUT2D eigenvalue weighted by molar-refractivity contribution is 5.83. The maximum absolute atomic E-state index is 10.8. The Bertz CT molecular complexity index is 449. The van der Waals surface area contributed by atoms with Gasteiger partial charge in [0, 0.05) is 6.92 Å². The van der Waals surface area contributed by atoms with Crippen LogP contribution in [-0.4, -0.2) is 25.5 Å². The molecule has 2 aromatic rings. The lowest BCUT2D eigenvalue weighted by molar-refractivity contribution is -0.115. The van der Waals surface area contributed by atoms with Gasteiger partial charge < -0.3 is 0 Å². The van der Waals surface area contributed by atoms with Gasteiger partial charge in [0.25, 0.3) is 0 Å². The minimum absolute atomic E-state index is 0.169. The molecule has 0 aliphatic rings. The molecule has 2 rings (SSSR count). The Morgan fingerprint density at radius 3 is 3.15 bits per heavy atom. The van der Waals surface area contributed by atoms with E-state index in [-0.39, 0.29) is 5.91 Å². The number of aromatic nitrogens is 4. The summed E-state index contributed by atoms with van der Waals surface area (Å²) in [6.45, 7) is 1.42. The molecule has 2 aromatic heterocycles. The van der Waals surface area contributed by atoms with Crippen molar-refractivity contribution in [3.63, 3.8) is 0 Å². The number of amides is 1. The minimum atomic E-state index is -0.169. The van der Waals surface area contributed by atoms with E-state index in [0.29, 0.717) is 11.2 Å². The molecule has 6 heteroatoms. The summed E-state index contributed by atoms with van der Waals surface area (Å²) in [5, 5.41) is 0. The standard InChI is InChI=1S/C7H7N5O/c1-5(13)11-12-4-10-6-2-8-3-9-7(6)12/h2-4H,1H3,(H,11,13). The molecule has 0 radical (unpaired) electrons. The Kier molecular flexibility index (Phi) is 1.66. The van der Waals surface area contributed by atoms with Crippen LogP contribution in [0.15, 0.2) is 18.9 Å². The monoisotopic (exact) mass is 177 g/mol. The van der Waals surface area contributed by atoms with E-state index in [0.717, 1.165) is 0 Å². The third-order valence-corrected chi connectivity index (χ3v) is 1.49. The fraction of sp³-hybridized carbons (Fsp3) is 0.143. The summed E-state index contributed by atoms with van der Waals surface area (Å²) in [5.74, 6) is -0.169. The zero-order valence-electron chi connectivity index (χ0n) is 6.93. The second-order valence-electron chi connectivity index (χ2n) is 2.51. The van der Waals surface area contributed by atoms with E-state index in [4.69, 9.17) is 0 Å².